The van der Waals surface area contributed by atoms with Gasteiger partial charge in [-0.05, 0) is 56.6 Å². The van der Waals surface area contributed by atoms with Crippen LogP contribution in [0.5, 0.6) is 0 Å². The Kier molecular flexibility index (Phi) is 4.39. The molecule has 22 heavy (non-hydrogen) atoms. The highest BCUT2D eigenvalue weighted by molar-refractivity contribution is 6.05. The van der Waals surface area contributed by atoms with Crippen LogP contribution in [-0.4, -0.2) is 35.9 Å². The molecule has 1 unspecified atom stereocenters. The number of fused-ring (bicyclic) bond motifs is 1. The predicted octanol–water partition coefficient (Wildman–Crippen LogP) is 3.14. The van der Waals surface area contributed by atoms with Gasteiger partial charge in [0.25, 0.3) is 5.91 Å². The summed E-state index contributed by atoms with van der Waals surface area (Å²) >= 11 is 0. The molecule has 1 aliphatic rings. The first-order valence-corrected chi connectivity index (χ1v) is 8.05. The van der Waals surface area contributed by atoms with Crippen molar-refractivity contribution in [3.63, 3.8) is 0 Å². The van der Waals surface area contributed by atoms with Gasteiger partial charge in [-0.15, -0.1) is 0 Å². The van der Waals surface area contributed by atoms with Crippen LogP contribution in [0.4, 0.5) is 0 Å². The lowest BCUT2D eigenvalue weighted by Crippen LogP contribution is -2.32. The molecule has 2 aromatic rings. The predicted molar refractivity (Wildman–Crippen MR) is 89.0 cm³/mol. The third-order valence-electron chi connectivity index (χ3n) is 4.62. The van der Waals surface area contributed by atoms with Gasteiger partial charge in [0, 0.05) is 24.7 Å². The molecule has 0 spiro atoms. The number of likely N-dealkylation sites (tertiary alicyclic amines) is 1. The highest BCUT2D eigenvalue weighted by Gasteiger charge is 2.20. The number of hydrogen-bond acceptors (Lipinski definition) is 3. The Morgan fingerprint density at radius 2 is 2.05 bits per heavy atom. The lowest BCUT2D eigenvalue weighted by molar-refractivity contribution is 0.0964. The van der Waals surface area contributed by atoms with Gasteiger partial charge in [0.05, 0.1) is 11.1 Å². The molecule has 0 bridgehead atoms. The van der Waals surface area contributed by atoms with E-state index in [1.165, 1.54) is 24.8 Å². The minimum absolute atomic E-state index is 0.0728. The molecule has 1 atom stereocenters. The topological polar surface area (TPSA) is 45.2 Å². The van der Waals surface area contributed by atoms with Crippen molar-refractivity contribution in [1.29, 1.82) is 0 Å². The number of amides is 1. The number of pyridine rings is 1. The molecule has 4 nitrogen and oxygen atoms in total. The van der Waals surface area contributed by atoms with Gasteiger partial charge in [0.2, 0.25) is 0 Å². The van der Waals surface area contributed by atoms with Crippen molar-refractivity contribution in [2.24, 2.45) is 0 Å². The summed E-state index contributed by atoms with van der Waals surface area (Å²) in [4.78, 5) is 19.1. The first-order chi connectivity index (χ1) is 10.7. The van der Waals surface area contributed by atoms with E-state index in [1.807, 2.05) is 18.2 Å². The lowest BCUT2D eigenvalue weighted by Gasteiger charge is -2.33. The summed E-state index contributed by atoms with van der Waals surface area (Å²) in [6.45, 7) is 4.51. The molecule has 4 heteroatoms. The largest absolute Gasteiger partial charge is 0.355 e. The normalized spacial score (nSPS) is 17.4. The quantitative estimate of drug-likeness (QED) is 0.946. The molecule has 0 saturated carbocycles. The zero-order chi connectivity index (χ0) is 15.5. The van der Waals surface area contributed by atoms with Crippen molar-refractivity contribution >= 4 is 16.8 Å². The van der Waals surface area contributed by atoms with Crippen LogP contribution in [0.2, 0.25) is 0 Å². The summed E-state index contributed by atoms with van der Waals surface area (Å²) < 4.78 is 0. The van der Waals surface area contributed by atoms with Crippen molar-refractivity contribution in [1.82, 2.24) is 15.2 Å². The third kappa shape index (κ3) is 2.83. The highest BCUT2D eigenvalue weighted by atomic mass is 16.1. The Bertz CT molecular complexity index is 677. The van der Waals surface area contributed by atoms with Crippen LogP contribution in [0.25, 0.3) is 10.9 Å². The van der Waals surface area contributed by atoms with Crippen molar-refractivity contribution < 1.29 is 4.79 Å². The minimum atomic E-state index is -0.0728. The maximum atomic E-state index is 12.2. The number of rotatable bonds is 3. The van der Waals surface area contributed by atoms with Crippen molar-refractivity contribution in [3.05, 3.63) is 41.6 Å². The number of benzene rings is 1. The minimum Gasteiger partial charge on any atom is -0.355 e. The van der Waals surface area contributed by atoms with Crippen LogP contribution in [-0.2, 0) is 0 Å². The molecule has 0 radical (unpaired) electrons. The monoisotopic (exact) mass is 297 g/mol. The molecule has 1 N–H and O–H groups in total. The summed E-state index contributed by atoms with van der Waals surface area (Å²) in [6, 6.07) is 8.46. The molecule has 1 saturated heterocycles. The van der Waals surface area contributed by atoms with Crippen molar-refractivity contribution in [2.75, 3.05) is 20.1 Å². The Labute approximate surface area is 131 Å². The van der Waals surface area contributed by atoms with Gasteiger partial charge in [0.1, 0.15) is 0 Å². The Morgan fingerprint density at radius 3 is 2.77 bits per heavy atom. The first-order valence-electron chi connectivity index (χ1n) is 8.05. The summed E-state index contributed by atoms with van der Waals surface area (Å²) in [6.07, 6.45) is 5.60. The summed E-state index contributed by atoms with van der Waals surface area (Å²) in [7, 11) is 1.66. The lowest BCUT2D eigenvalue weighted by atomic mass is 9.98. The fourth-order valence-electron chi connectivity index (χ4n) is 3.28. The van der Waals surface area contributed by atoms with Crippen LogP contribution in [0, 0.1) is 0 Å². The number of nitrogens with one attached hydrogen (secondary N) is 1. The standard InChI is InChI=1S/C18H23N3O/c1-13(21-9-4-3-5-10-21)15-11-14-7-6-8-20-17(14)16(12-15)18(22)19-2/h6-8,11-13H,3-5,9-10H2,1-2H3,(H,19,22). The molecule has 1 aliphatic heterocycles. The fraction of sp³-hybridized carbons (Fsp3) is 0.444. The van der Waals surface area contributed by atoms with Crippen LogP contribution in [0.15, 0.2) is 30.5 Å². The van der Waals surface area contributed by atoms with E-state index in [-0.39, 0.29) is 5.91 Å². The van der Waals surface area contributed by atoms with E-state index in [0.717, 1.165) is 24.0 Å². The van der Waals surface area contributed by atoms with Gasteiger partial charge >= 0.3 is 0 Å². The SMILES string of the molecule is CNC(=O)c1cc(C(C)N2CCCCC2)cc2cccnc12. The van der Waals surface area contributed by atoms with E-state index >= 15 is 0 Å². The van der Waals surface area contributed by atoms with Crippen molar-refractivity contribution in [3.8, 4) is 0 Å². The number of carbonyl (C=O) groups is 1. The second-order valence-corrected chi connectivity index (χ2v) is 6.00. The number of aromatic nitrogens is 1. The number of nitrogens with zero attached hydrogens (tertiary/aromatic N) is 2. The molecule has 1 aromatic heterocycles. The molecule has 0 aliphatic carbocycles. The van der Waals surface area contributed by atoms with Crippen LogP contribution in [0.3, 0.4) is 0 Å². The molecule has 3 rings (SSSR count). The Hall–Kier alpha value is -1.94. The molecule has 1 fully saturated rings. The van der Waals surface area contributed by atoms with Gasteiger partial charge in [-0.1, -0.05) is 12.5 Å². The maximum Gasteiger partial charge on any atom is 0.253 e. The average Bonchev–Trinajstić information content (AvgIpc) is 2.60. The molecular formula is C18H23N3O. The van der Waals surface area contributed by atoms with E-state index in [2.05, 4.69) is 28.2 Å². The van der Waals surface area contributed by atoms with Gasteiger partial charge in [-0.2, -0.15) is 0 Å². The molecule has 1 aromatic carbocycles. The van der Waals surface area contributed by atoms with Gasteiger partial charge in [-0.3, -0.25) is 14.7 Å². The second kappa shape index (κ2) is 6.44. The maximum absolute atomic E-state index is 12.2. The first kappa shape index (κ1) is 15.0. The van der Waals surface area contributed by atoms with E-state index < -0.39 is 0 Å². The van der Waals surface area contributed by atoms with Crippen LogP contribution < -0.4 is 5.32 Å². The molecule has 116 valence electrons. The number of piperidine rings is 1. The Balaban J connectivity index is 2.04. The summed E-state index contributed by atoms with van der Waals surface area (Å²) in [5.41, 5.74) is 2.64. The zero-order valence-corrected chi connectivity index (χ0v) is 13.3. The van der Waals surface area contributed by atoms with Crippen LogP contribution >= 0.6 is 0 Å². The fourth-order valence-corrected chi connectivity index (χ4v) is 3.28. The summed E-state index contributed by atoms with van der Waals surface area (Å²) in [5, 5.41) is 3.76. The molecule has 2 heterocycles. The summed E-state index contributed by atoms with van der Waals surface area (Å²) in [5.74, 6) is -0.0728. The second-order valence-electron chi connectivity index (χ2n) is 6.00. The third-order valence-corrected chi connectivity index (χ3v) is 4.62. The van der Waals surface area contributed by atoms with E-state index in [4.69, 9.17) is 0 Å². The highest BCUT2D eigenvalue weighted by Crippen LogP contribution is 2.28. The van der Waals surface area contributed by atoms with Gasteiger partial charge in [0.15, 0.2) is 0 Å². The zero-order valence-electron chi connectivity index (χ0n) is 13.3. The molecule has 1 amide bonds. The van der Waals surface area contributed by atoms with E-state index in [9.17, 15) is 4.79 Å². The number of carbonyl (C=O) groups excluding carboxylic acids is 1. The van der Waals surface area contributed by atoms with Gasteiger partial charge < -0.3 is 5.32 Å². The van der Waals surface area contributed by atoms with E-state index in [1.54, 1.807) is 13.2 Å². The Morgan fingerprint density at radius 1 is 1.27 bits per heavy atom. The van der Waals surface area contributed by atoms with E-state index in [0.29, 0.717) is 11.6 Å². The molecular weight excluding hydrogens is 274 g/mol. The average molecular weight is 297 g/mol. The van der Waals surface area contributed by atoms with Crippen molar-refractivity contribution in [2.45, 2.75) is 32.2 Å². The van der Waals surface area contributed by atoms with Crippen LogP contribution in [0.1, 0.15) is 48.1 Å². The number of hydrogen-bond donors (Lipinski definition) is 1. The van der Waals surface area contributed by atoms with Gasteiger partial charge in [-0.25, -0.2) is 0 Å². The smallest absolute Gasteiger partial charge is 0.253 e.